The van der Waals surface area contributed by atoms with Gasteiger partial charge in [0.2, 0.25) is 5.90 Å². The van der Waals surface area contributed by atoms with Gasteiger partial charge in [-0.3, -0.25) is 0 Å². The first-order chi connectivity index (χ1) is 16.0. The van der Waals surface area contributed by atoms with E-state index in [0.29, 0.717) is 33.5 Å². The summed E-state index contributed by atoms with van der Waals surface area (Å²) in [5.74, 6) is -0.250. The lowest BCUT2D eigenvalue weighted by molar-refractivity contribution is -0.129. The van der Waals surface area contributed by atoms with Crippen molar-refractivity contribution in [2.45, 2.75) is 6.92 Å². The van der Waals surface area contributed by atoms with Gasteiger partial charge in [-0.25, -0.2) is 14.6 Å². The molecule has 0 aliphatic carbocycles. The number of cyclic esters (lactones) is 1. The summed E-state index contributed by atoms with van der Waals surface area (Å²) >= 11 is 6.88. The Balaban J connectivity index is 1.66. The maximum Gasteiger partial charge on any atom is 0.363 e. The number of aliphatic imine (C=N–C) groups is 1. The van der Waals surface area contributed by atoms with Gasteiger partial charge in [0.1, 0.15) is 0 Å². The Morgan fingerprint density at radius 2 is 1.76 bits per heavy atom. The number of halogens is 2. The molecule has 4 rings (SSSR count). The summed E-state index contributed by atoms with van der Waals surface area (Å²) in [6, 6.07) is 19.4. The summed E-state index contributed by atoms with van der Waals surface area (Å²) in [5, 5.41) is 0. The molecule has 0 amide bonds. The maximum absolute atomic E-state index is 12.5. The highest BCUT2D eigenvalue weighted by Crippen LogP contribution is 2.38. The van der Waals surface area contributed by atoms with Gasteiger partial charge in [0.05, 0.1) is 22.2 Å². The van der Waals surface area contributed by atoms with E-state index in [2.05, 4.69) is 36.9 Å². The van der Waals surface area contributed by atoms with Gasteiger partial charge in [-0.05, 0) is 86.8 Å². The van der Waals surface area contributed by atoms with Gasteiger partial charge in [-0.15, -0.1) is 0 Å². The normalized spacial score (nSPS) is 14.1. The highest BCUT2D eigenvalue weighted by atomic mass is 79.9. The second kappa shape index (κ2) is 10.1. The van der Waals surface area contributed by atoms with Crippen molar-refractivity contribution < 1.29 is 23.8 Å². The predicted molar refractivity (Wildman–Crippen MR) is 131 cm³/mol. The first kappa shape index (κ1) is 22.9. The molecule has 166 valence electrons. The average Bonchev–Trinajstić information content (AvgIpc) is 3.17. The fourth-order valence-corrected chi connectivity index (χ4v) is 4.07. The largest absolute Gasteiger partial charge is 0.490 e. The molecule has 33 heavy (non-hydrogen) atoms. The lowest BCUT2D eigenvalue weighted by Gasteiger charge is -2.13. The first-order valence-corrected chi connectivity index (χ1v) is 11.6. The Labute approximate surface area is 207 Å². The molecule has 0 saturated heterocycles. The Bertz CT molecular complexity index is 1290. The Hall–Kier alpha value is -3.23. The molecule has 3 aromatic carbocycles. The maximum atomic E-state index is 12.5. The molecule has 3 aromatic rings. The number of hydrogen-bond acceptors (Lipinski definition) is 6. The number of nitrogens with zero attached hydrogens (tertiary/aromatic N) is 1. The van der Waals surface area contributed by atoms with E-state index in [1.807, 2.05) is 31.2 Å². The number of rotatable bonds is 6. The molecule has 0 bridgehead atoms. The number of carbonyl (C=O) groups excluding carboxylic acids is 2. The van der Waals surface area contributed by atoms with E-state index in [1.165, 1.54) is 0 Å². The molecule has 1 heterocycles. The van der Waals surface area contributed by atoms with Crippen molar-refractivity contribution >= 4 is 55.8 Å². The lowest BCUT2D eigenvalue weighted by Crippen LogP contribution is -2.10. The Morgan fingerprint density at radius 1 is 1.03 bits per heavy atom. The van der Waals surface area contributed by atoms with Crippen LogP contribution in [0.15, 0.2) is 86.4 Å². The van der Waals surface area contributed by atoms with Crippen molar-refractivity contribution in [2.75, 3.05) is 6.61 Å². The van der Waals surface area contributed by atoms with E-state index in [-0.39, 0.29) is 17.3 Å². The summed E-state index contributed by atoms with van der Waals surface area (Å²) in [7, 11) is 0. The SMILES string of the molecule is CCOc1cc(/C=C2\N=C(c3ccccc3Br)OC2=O)cc(Br)c1OC(=O)c1ccccc1. The minimum absolute atomic E-state index is 0.143. The minimum atomic E-state index is -0.561. The third kappa shape index (κ3) is 5.23. The van der Waals surface area contributed by atoms with E-state index in [1.54, 1.807) is 48.5 Å². The number of esters is 2. The lowest BCUT2D eigenvalue weighted by atomic mass is 10.1. The predicted octanol–water partition coefficient (Wildman–Crippen LogP) is 6.17. The summed E-state index contributed by atoms with van der Waals surface area (Å²) in [6.45, 7) is 2.18. The van der Waals surface area contributed by atoms with Crippen LogP contribution in [0.5, 0.6) is 11.5 Å². The van der Waals surface area contributed by atoms with Gasteiger partial charge in [0, 0.05) is 4.47 Å². The smallest absolute Gasteiger partial charge is 0.363 e. The number of ether oxygens (including phenoxy) is 3. The molecule has 0 unspecified atom stereocenters. The monoisotopic (exact) mass is 569 g/mol. The van der Waals surface area contributed by atoms with Gasteiger partial charge in [-0.1, -0.05) is 30.3 Å². The van der Waals surface area contributed by atoms with Crippen LogP contribution in [0.1, 0.15) is 28.4 Å². The molecule has 0 N–H and O–H groups in total. The zero-order chi connectivity index (χ0) is 23.4. The van der Waals surface area contributed by atoms with Gasteiger partial charge in [0.15, 0.2) is 17.2 Å². The molecule has 8 heteroatoms. The third-order valence-corrected chi connectivity index (χ3v) is 5.84. The number of benzene rings is 3. The first-order valence-electron chi connectivity index (χ1n) is 9.97. The zero-order valence-corrected chi connectivity index (χ0v) is 20.6. The molecular formula is C25H17Br2NO5. The van der Waals surface area contributed by atoms with Crippen LogP contribution < -0.4 is 9.47 Å². The van der Waals surface area contributed by atoms with Crippen LogP contribution in [0.2, 0.25) is 0 Å². The second-order valence-electron chi connectivity index (χ2n) is 6.83. The van der Waals surface area contributed by atoms with Crippen LogP contribution in [0.4, 0.5) is 0 Å². The second-order valence-corrected chi connectivity index (χ2v) is 8.54. The number of carbonyl (C=O) groups is 2. The van der Waals surface area contributed by atoms with Gasteiger partial charge in [0.25, 0.3) is 0 Å². The molecule has 0 atom stereocenters. The van der Waals surface area contributed by atoms with E-state index < -0.39 is 11.9 Å². The van der Waals surface area contributed by atoms with Crippen LogP contribution in [-0.2, 0) is 9.53 Å². The summed E-state index contributed by atoms with van der Waals surface area (Å²) in [5.41, 5.74) is 1.85. The molecule has 0 spiro atoms. The van der Waals surface area contributed by atoms with Crippen molar-refractivity contribution in [1.82, 2.24) is 0 Å². The molecule has 0 fully saturated rings. The Kier molecular flexibility index (Phi) is 7.05. The zero-order valence-electron chi connectivity index (χ0n) is 17.4. The van der Waals surface area contributed by atoms with Crippen molar-refractivity contribution in [3.05, 3.63) is 98.1 Å². The van der Waals surface area contributed by atoms with Crippen LogP contribution >= 0.6 is 31.9 Å². The van der Waals surface area contributed by atoms with Crippen molar-refractivity contribution in [1.29, 1.82) is 0 Å². The Morgan fingerprint density at radius 3 is 2.48 bits per heavy atom. The topological polar surface area (TPSA) is 74.2 Å². The fourth-order valence-electron chi connectivity index (χ4n) is 3.08. The molecule has 1 aliphatic rings. The fraction of sp³-hybridized carbons (Fsp3) is 0.0800. The molecule has 0 saturated carbocycles. The van der Waals surface area contributed by atoms with Crippen LogP contribution in [0.3, 0.4) is 0 Å². The highest BCUT2D eigenvalue weighted by Gasteiger charge is 2.26. The molecule has 6 nitrogen and oxygen atoms in total. The minimum Gasteiger partial charge on any atom is -0.490 e. The summed E-state index contributed by atoms with van der Waals surface area (Å²) < 4.78 is 17.9. The highest BCUT2D eigenvalue weighted by molar-refractivity contribution is 9.10. The van der Waals surface area contributed by atoms with Crippen LogP contribution in [0.25, 0.3) is 6.08 Å². The van der Waals surface area contributed by atoms with Crippen molar-refractivity contribution in [2.24, 2.45) is 4.99 Å². The van der Waals surface area contributed by atoms with Gasteiger partial charge < -0.3 is 14.2 Å². The van der Waals surface area contributed by atoms with E-state index in [0.717, 1.165) is 4.47 Å². The van der Waals surface area contributed by atoms with Gasteiger partial charge in [-0.2, -0.15) is 0 Å². The molecule has 0 radical (unpaired) electrons. The van der Waals surface area contributed by atoms with Crippen molar-refractivity contribution in [3.8, 4) is 11.5 Å². The summed E-state index contributed by atoms with van der Waals surface area (Å²) in [6.07, 6.45) is 1.59. The standard InChI is InChI=1S/C25H17Br2NO5/c1-2-31-21-14-15(12-19(27)22(21)32-24(29)16-8-4-3-5-9-16)13-20-25(30)33-23(28-20)17-10-6-7-11-18(17)26/h3-14H,2H2,1H3/b20-13-. The average molecular weight is 571 g/mol. The summed E-state index contributed by atoms with van der Waals surface area (Å²) in [4.78, 5) is 29.3. The van der Waals surface area contributed by atoms with E-state index >= 15 is 0 Å². The van der Waals surface area contributed by atoms with Crippen molar-refractivity contribution in [3.63, 3.8) is 0 Å². The third-order valence-electron chi connectivity index (χ3n) is 4.56. The number of hydrogen-bond donors (Lipinski definition) is 0. The van der Waals surface area contributed by atoms with E-state index in [4.69, 9.17) is 14.2 Å². The van der Waals surface area contributed by atoms with Crippen LogP contribution in [-0.4, -0.2) is 24.4 Å². The van der Waals surface area contributed by atoms with E-state index in [9.17, 15) is 9.59 Å². The van der Waals surface area contributed by atoms with Gasteiger partial charge >= 0.3 is 11.9 Å². The van der Waals surface area contributed by atoms with Crippen LogP contribution in [0, 0.1) is 0 Å². The molecule has 0 aromatic heterocycles. The molecular weight excluding hydrogens is 554 g/mol. The molecule has 1 aliphatic heterocycles. The quantitative estimate of drug-likeness (QED) is 0.201.